The maximum Gasteiger partial charge on any atom is -0.0443 e. The summed E-state index contributed by atoms with van der Waals surface area (Å²) in [6, 6.07) is 0. The molecule has 0 aromatic heterocycles. The fraction of sp³-hybridized carbons (Fsp3) is 1.00. The highest BCUT2D eigenvalue weighted by atomic mass is 14.1. The first-order valence-electron chi connectivity index (χ1n) is 12.7. The molecule has 0 N–H and O–H groups in total. The lowest BCUT2D eigenvalue weighted by Gasteiger charge is -2.15. The molecule has 0 aliphatic heterocycles. The van der Waals surface area contributed by atoms with Gasteiger partial charge in [0.2, 0.25) is 0 Å². The van der Waals surface area contributed by atoms with Crippen molar-refractivity contribution < 1.29 is 0 Å². The van der Waals surface area contributed by atoms with Crippen LogP contribution in [0.2, 0.25) is 0 Å². The van der Waals surface area contributed by atoms with Crippen LogP contribution in [0.3, 0.4) is 0 Å². The lowest BCUT2D eigenvalue weighted by molar-refractivity contribution is 0.385. The van der Waals surface area contributed by atoms with E-state index in [2.05, 4.69) is 27.7 Å². The molecule has 0 aromatic carbocycles. The Hall–Kier alpha value is 0. The van der Waals surface area contributed by atoms with Gasteiger partial charge in [-0.2, -0.15) is 0 Å². The lowest BCUT2D eigenvalue weighted by atomic mass is 9.91. The number of unbranched alkanes of at least 4 members (excludes halogenated alkanes) is 3. The Morgan fingerprint density at radius 2 is 0.692 bits per heavy atom. The Bertz CT molecular complexity index is 141. The van der Waals surface area contributed by atoms with E-state index in [9.17, 15) is 0 Å². The number of hydrogen-bond donors (Lipinski definition) is 0. The van der Waals surface area contributed by atoms with E-state index in [1.54, 1.807) is 0 Å². The summed E-state index contributed by atoms with van der Waals surface area (Å²) in [5.41, 5.74) is 0. The van der Waals surface area contributed by atoms with Crippen molar-refractivity contribution in [1.29, 1.82) is 0 Å². The zero-order valence-corrected chi connectivity index (χ0v) is 21.1. The van der Waals surface area contributed by atoms with Crippen molar-refractivity contribution in [3.8, 4) is 0 Å². The largest absolute Gasteiger partial charge is 0.0683 e. The summed E-state index contributed by atoms with van der Waals surface area (Å²) in [7, 11) is 0. The van der Waals surface area contributed by atoms with Gasteiger partial charge < -0.3 is 0 Å². The molecule has 0 bridgehead atoms. The van der Waals surface area contributed by atoms with Gasteiger partial charge in [-0.05, 0) is 11.8 Å². The Morgan fingerprint density at radius 3 is 0.808 bits per heavy atom. The van der Waals surface area contributed by atoms with Crippen LogP contribution in [-0.4, -0.2) is 0 Å². The minimum absolute atomic E-state index is 1.04. The van der Waals surface area contributed by atoms with Crippen molar-refractivity contribution >= 4 is 0 Å². The predicted molar refractivity (Wildman–Crippen MR) is 128 cm³/mol. The summed E-state index contributed by atoms with van der Waals surface area (Å²) in [5.74, 6) is 2.07. The summed E-state index contributed by atoms with van der Waals surface area (Å²) >= 11 is 0. The molecule has 2 fully saturated rings. The fourth-order valence-electron chi connectivity index (χ4n) is 3.11. The van der Waals surface area contributed by atoms with Crippen LogP contribution in [0.5, 0.6) is 0 Å². The zero-order chi connectivity index (χ0) is 21.1. The van der Waals surface area contributed by atoms with E-state index in [0.29, 0.717) is 0 Å². The molecule has 0 nitrogen and oxygen atoms in total. The maximum absolute atomic E-state index is 2.36. The van der Waals surface area contributed by atoms with Crippen LogP contribution in [0, 0.1) is 11.8 Å². The van der Waals surface area contributed by atoms with E-state index >= 15 is 0 Å². The van der Waals surface area contributed by atoms with Crippen molar-refractivity contribution in [2.75, 3.05) is 0 Å². The highest BCUT2D eigenvalue weighted by Crippen LogP contribution is 2.22. The first kappa shape index (κ1) is 33.6. The van der Waals surface area contributed by atoms with Crippen LogP contribution < -0.4 is 0 Å². The van der Waals surface area contributed by atoms with E-state index in [4.69, 9.17) is 0 Å². The van der Waals surface area contributed by atoms with Gasteiger partial charge in [-0.3, -0.25) is 0 Å². The van der Waals surface area contributed by atoms with Gasteiger partial charge >= 0.3 is 0 Å². The monoisotopic (exact) mass is 372 g/mol. The van der Waals surface area contributed by atoms with E-state index < -0.39 is 0 Å². The molecule has 2 aliphatic rings. The minimum Gasteiger partial charge on any atom is -0.0683 e. The van der Waals surface area contributed by atoms with Crippen LogP contribution in [0.15, 0.2) is 0 Å². The van der Waals surface area contributed by atoms with Crippen molar-refractivity contribution in [1.82, 2.24) is 0 Å². The molecule has 0 radical (unpaired) electrons. The molecule has 0 saturated heterocycles. The lowest BCUT2D eigenvalue weighted by Crippen LogP contribution is -1.99. The summed E-state index contributed by atoms with van der Waals surface area (Å²) in [5, 5.41) is 0. The Morgan fingerprint density at radius 1 is 0.462 bits per heavy atom. The summed E-state index contributed by atoms with van der Waals surface area (Å²) < 4.78 is 0. The van der Waals surface area contributed by atoms with Crippen LogP contribution in [0.4, 0.5) is 0 Å². The molecule has 0 heterocycles. The van der Waals surface area contributed by atoms with Gasteiger partial charge in [0.05, 0.1) is 0 Å². The minimum atomic E-state index is 1.04. The standard InChI is InChI=1S/2C7H14.C6H14.3C2H6/c2*1-7-5-3-2-4-6-7;1-3-5-6-4-2;3*1-2/h2*7H,2-6H2,1H3;3-6H2,1-2H3;3*1-2H3. The molecule has 2 rings (SSSR count). The molecular formula is C26H60. The molecule has 0 heteroatoms. The third kappa shape index (κ3) is 35.2. The third-order valence-corrected chi connectivity index (χ3v) is 4.74. The second kappa shape index (κ2) is 36.0. The van der Waals surface area contributed by atoms with Crippen LogP contribution in [0.25, 0.3) is 0 Å². The second-order valence-corrected chi connectivity index (χ2v) is 7.19. The molecule has 0 aromatic rings. The average molecular weight is 373 g/mol. The van der Waals surface area contributed by atoms with Crippen LogP contribution in [-0.2, 0) is 0 Å². The smallest absolute Gasteiger partial charge is 0.0443 e. The second-order valence-electron chi connectivity index (χ2n) is 7.19. The van der Waals surface area contributed by atoms with E-state index in [0.717, 1.165) is 11.8 Å². The predicted octanol–water partition coefficient (Wildman–Crippen LogP) is 10.8. The number of rotatable bonds is 3. The Kier molecular flexibility index (Phi) is 46.5. The quantitative estimate of drug-likeness (QED) is 0.432. The summed E-state index contributed by atoms with van der Waals surface area (Å²) in [4.78, 5) is 0. The first-order chi connectivity index (χ1) is 12.7. The number of hydrogen-bond acceptors (Lipinski definition) is 0. The highest BCUT2D eigenvalue weighted by Gasteiger charge is 2.06. The van der Waals surface area contributed by atoms with Crippen LogP contribution in [0.1, 0.15) is 159 Å². The van der Waals surface area contributed by atoms with Crippen molar-refractivity contribution in [3.05, 3.63) is 0 Å². The Labute approximate surface area is 171 Å². The van der Waals surface area contributed by atoms with E-state index in [1.165, 1.54) is 89.9 Å². The molecule has 2 saturated carbocycles. The molecule has 2 aliphatic carbocycles. The molecule has 26 heavy (non-hydrogen) atoms. The van der Waals surface area contributed by atoms with Gasteiger partial charge in [-0.15, -0.1) is 0 Å². The molecule has 164 valence electrons. The van der Waals surface area contributed by atoms with Crippen molar-refractivity contribution in [3.63, 3.8) is 0 Å². The van der Waals surface area contributed by atoms with Gasteiger partial charge in [-0.1, -0.05) is 159 Å². The Balaban J connectivity index is -0.000000122. The molecule has 0 spiro atoms. The van der Waals surface area contributed by atoms with Crippen LogP contribution >= 0.6 is 0 Å². The SMILES string of the molecule is CC.CC.CC.CC1CCCCC1.CC1CCCCC1.CCCCCC. The first-order valence-corrected chi connectivity index (χ1v) is 12.7. The topological polar surface area (TPSA) is 0 Å². The highest BCUT2D eigenvalue weighted by molar-refractivity contribution is 4.60. The molecule has 0 unspecified atom stereocenters. The molecular weight excluding hydrogens is 312 g/mol. The maximum atomic E-state index is 2.36. The summed E-state index contributed by atoms with van der Waals surface area (Å²) in [6.07, 6.45) is 20.4. The zero-order valence-electron chi connectivity index (χ0n) is 21.1. The average Bonchev–Trinajstić information content (AvgIpc) is 2.73. The normalized spacial score (nSPS) is 16.4. The van der Waals surface area contributed by atoms with Crippen molar-refractivity contribution in [2.45, 2.75) is 159 Å². The van der Waals surface area contributed by atoms with E-state index in [-0.39, 0.29) is 0 Å². The van der Waals surface area contributed by atoms with Gasteiger partial charge in [0.1, 0.15) is 0 Å². The van der Waals surface area contributed by atoms with Gasteiger partial charge in [0, 0.05) is 0 Å². The van der Waals surface area contributed by atoms with E-state index in [1.807, 2.05) is 41.5 Å². The van der Waals surface area contributed by atoms with Gasteiger partial charge in [0.25, 0.3) is 0 Å². The fourth-order valence-corrected chi connectivity index (χ4v) is 3.11. The molecule has 0 atom stereocenters. The molecule has 0 amide bonds. The van der Waals surface area contributed by atoms with Gasteiger partial charge in [-0.25, -0.2) is 0 Å². The van der Waals surface area contributed by atoms with Gasteiger partial charge in [0.15, 0.2) is 0 Å². The van der Waals surface area contributed by atoms with Crippen molar-refractivity contribution in [2.24, 2.45) is 11.8 Å². The third-order valence-electron chi connectivity index (χ3n) is 4.74. The summed E-state index contributed by atoms with van der Waals surface area (Å²) in [6.45, 7) is 21.2.